The van der Waals surface area contributed by atoms with E-state index in [0.717, 1.165) is 30.5 Å². The van der Waals surface area contributed by atoms with Crippen LogP contribution >= 0.6 is 0 Å². The van der Waals surface area contributed by atoms with Crippen LogP contribution in [-0.2, 0) is 11.2 Å². The number of hydrogen-bond acceptors (Lipinski definition) is 3. The van der Waals surface area contributed by atoms with Gasteiger partial charge in [-0.15, -0.1) is 0 Å². The first-order chi connectivity index (χ1) is 13.2. The van der Waals surface area contributed by atoms with Crippen molar-refractivity contribution in [1.82, 2.24) is 24.7 Å². The first-order valence-corrected chi connectivity index (χ1v) is 9.38. The molecule has 138 valence electrons. The summed E-state index contributed by atoms with van der Waals surface area (Å²) in [5, 5.41) is 4.35. The van der Waals surface area contributed by atoms with Gasteiger partial charge >= 0.3 is 0 Å². The van der Waals surface area contributed by atoms with Gasteiger partial charge in [0.2, 0.25) is 11.7 Å². The molecule has 0 aliphatic carbocycles. The maximum atomic E-state index is 12.4. The summed E-state index contributed by atoms with van der Waals surface area (Å²) in [5.41, 5.74) is 3.25. The minimum atomic E-state index is -0.0905. The van der Waals surface area contributed by atoms with E-state index in [2.05, 4.69) is 32.4 Å². The molecule has 4 aromatic rings. The fourth-order valence-electron chi connectivity index (χ4n) is 3.45. The average molecular weight is 361 g/mol. The van der Waals surface area contributed by atoms with E-state index in [4.69, 9.17) is 0 Å². The molecular weight excluding hydrogens is 338 g/mol. The predicted octanol–water partition coefficient (Wildman–Crippen LogP) is 3.80. The number of imidazole rings is 1. The number of aromatic amines is 1. The Kier molecular flexibility index (Phi) is 4.87. The molecule has 0 saturated carbocycles. The second-order valence-corrected chi connectivity index (χ2v) is 6.73. The van der Waals surface area contributed by atoms with E-state index < -0.39 is 0 Å². The zero-order valence-corrected chi connectivity index (χ0v) is 15.4. The standard InChI is InChI=1S/C21H23N5O/c1-2-17(19-14-26-12-6-11-22-21(26)25-19)24-20(27)10-5-7-15-13-23-18-9-4-3-8-16(15)18/h3-4,6,8-9,11-14,17,23H,2,5,7,10H2,1H3,(H,24,27)/t17-/m1/s1. The Labute approximate surface area is 157 Å². The zero-order valence-electron chi connectivity index (χ0n) is 15.4. The summed E-state index contributed by atoms with van der Waals surface area (Å²) < 4.78 is 1.88. The number of aryl methyl sites for hydroxylation is 1. The number of fused-ring (bicyclic) bond motifs is 2. The van der Waals surface area contributed by atoms with Crippen LogP contribution in [0.3, 0.4) is 0 Å². The van der Waals surface area contributed by atoms with Gasteiger partial charge in [0.05, 0.1) is 11.7 Å². The van der Waals surface area contributed by atoms with Gasteiger partial charge in [-0.25, -0.2) is 9.97 Å². The molecule has 6 heteroatoms. The van der Waals surface area contributed by atoms with E-state index in [-0.39, 0.29) is 11.9 Å². The number of carbonyl (C=O) groups excluding carboxylic acids is 1. The van der Waals surface area contributed by atoms with Crippen molar-refractivity contribution in [3.05, 3.63) is 66.4 Å². The Balaban J connectivity index is 1.35. The van der Waals surface area contributed by atoms with Crippen LogP contribution in [-0.4, -0.2) is 25.3 Å². The molecule has 0 aliphatic rings. The van der Waals surface area contributed by atoms with Crippen LogP contribution in [0, 0.1) is 0 Å². The Morgan fingerprint density at radius 3 is 3.04 bits per heavy atom. The normalized spacial score (nSPS) is 12.5. The monoisotopic (exact) mass is 361 g/mol. The van der Waals surface area contributed by atoms with Gasteiger partial charge < -0.3 is 10.3 Å². The Bertz CT molecular complexity index is 1030. The number of rotatable bonds is 7. The van der Waals surface area contributed by atoms with Crippen LogP contribution in [0.4, 0.5) is 0 Å². The molecule has 0 saturated heterocycles. The van der Waals surface area contributed by atoms with Crippen molar-refractivity contribution in [2.24, 2.45) is 0 Å². The molecule has 3 heterocycles. The summed E-state index contributed by atoms with van der Waals surface area (Å²) >= 11 is 0. The quantitative estimate of drug-likeness (QED) is 0.526. The van der Waals surface area contributed by atoms with Gasteiger partial charge in [0.1, 0.15) is 0 Å². The topological polar surface area (TPSA) is 75.1 Å². The minimum Gasteiger partial charge on any atom is -0.361 e. The second-order valence-electron chi connectivity index (χ2n) is 6.73. The summed E-state index contributed by atoms with van der Waals surface area (Å²) in [4.78, 5) is 24.5. The molecule has 1 aromatic carbocycles. The number of benzene rings is 1. The van der Waals surface area contributed by atoms with Crippen molar-refractivity contribution in [3.63, 3.8) is 0 Å². The van der Waals surface area contributed by atoms with Crippen LogP contribution in [0.1, 0.15) is 43.5 Å². The molecule has 0 fully saturated rings. The van der Waals surface area contributed by atoms with E-state index in [0.29, 0.717) is 12.2 Å². The summed E-state index contributed by atoms with van der Waals surface area (Å²) in [6.45, 7) is 2.05. The third-order valence-electron chi connectivity index (χ3n) is 4.88. The lowest BCUT2D eigenvalue weighted by Crippen LogP contribution is -2.28. The molecule has 27 heavy (non-hydrogen) atoms. The van der Waals surface area contributed by atoms with Crippen molar-refractivity contribution < 1.29 is 4.79 Å². The number of aromatic nitrogens is 4. The molecule has 0 spiro atoms. The van der Waals surface area contributed by atoms with Crippen LogP contribution < -0.4 is 5.32 Å². The lowest BCUT2D eigenvalue weighted by Gasteiger charge is -2.14. The fraction of sp³-hybridized carbons (Fsp3) is 0.286. The maximum absolute atomic E-state index is 12.4. The van der Waals surface area contributed by atoms with E-state index in [1.807, 2.05) is 48.1 Å². The molecule has 3 aromatic heterocycles. The molecule has 1 amide bonds. The van der Waals surface area contributed by atoms with Crippen LogP contribution in [0.5, 0.6) is 0 Å². The molecule has 0 unspecified atom stereocenters. The van der Waals surface area contributed by atoms with E-state index in [1.165, 1.54) is 10.9 Å². The van der Waals surface area contributed by atoms with Gasteiger partial charge in [0.25, 0.3) is 0 Å². The highest BCUT2D eigenvalue weighted by atomic mass is 16.1. The number of H-pyrrole nitrogens is 1. The number of hydrogen-bond donors (Lipinski definition) is 2. The number of nitrogens with zero attached hydrogens (tertiary/aromatic N) is 3. The molecule has 0 aliphatic heterocycles. The predicted molar refractivity (Wildman–Crippen MR) is 105 cm³/mol. The van der Waals surface area contributed by atoms with Gasteiger partial charge in [-0.05, 0) is 37.0 Å². The van der Waals surface area contributed by atoms with Crippen LogP contribution in [0.15, 0.2) is 55.1 Å². The highest BCUT2D eigenvalue weighted by molar-refractivity contribution is 5.83. The molecule has 6 nitrogen and oxygen atoms in total. The third-order valence-corrected chi connectivity index (χ3v) is 4.88. The van der Waals surface area contributed by atoms with E-state index >= 15 is 0 Å². The number of nitrogens with one attached hydrogen (secondary N) is 2. The molecule has 1 atom stereocenters. The van der Waals surface area contributed by atoms with Crippen molar-refractivity contribution in [2.45, 2.75) is 38.6 Å². The highest BCUT2D eigenvalue weighted by Gasteiger charge is 2.16. The van der Waals surface area contributed by atoms with Gasteiger partial charge in [-0.2, -0.15) is 0 Å². The van der Waals surface area contributed by atoms with E-state index in [1.54, 1.807) is 6.20 Å². The van der Waals surface area contributed by atoms with Crippen molar-refractivity contribution >= 4 is 22.6 Å². The number of amides is 1. The van der Waals surface area contributed by atoms with Gasteiger partial charge in [-0.3, -0.25) is 9.20 Å². The summed E-state index contributed by atoms with van der Waals surface area (Å²) in [7, 11) is 0. The van der Waals surface area contributed by atoms with Crippen LogP contribution in [0.2, 0.25) is 0 Å². The highest BCUT2D eigenvalue weighted by Crippen LogP contribution is 2.20. The minimum absolute atomic E-state index is 0.0618. The molecule has 2 N–H and O–H groups in total. The second kappa shape index (κ2) is 7.61. The van der Waals surface area contributed by atoms with Crippen molar-refractivity contribution in [2.75, 3.05) is 0 Å². The van der Waals surface area contributed by atoms with Gasteiger partial charge in [-0.1, -0.05) is 25.1 Å². The first-order valence-electron chi connectivity index (χ1n) is 9.38. The van der Waals surface area contributed by atoms with Crippen molar-refractivity contribution in [1.29, 1.82) is 0 Å². The Hall–Kier alpha value is -3.15. The van der Waals surface area contributed by atoms with Crippen LogP contribution in [0.25, 0.3) is 16.7 Å². The fourth-order valence-corrected chi connectivity index (χ4v) is 3.45. The Morgan fingerprint density at radius 1 is 1.30 bits per heavy atom. The summed E-state index contributed by atoms with van der Waals surface area (Å²) in [6.07, 6.45) is 10.6. The number of carbonyl (C=O) groups is 1. The smallest absolute Gasteiger partial charge is 0.233 e. The van der Waals surface area contributed by atoms with Gasteiger partial charge in [0, 0.05) is 42.1 Å². The molecule has 4 rings (SSSR count). The summed E-state index contributed by atoms with van der Waals surface area (Å²) in [5.74, 6) is 0.714. The average Bonchev–Trinajstić information content (AvgIpc) is 3.30. The lowest BCUT2D eigenvalue weighted by atomic mass is 10.1. The molecule has 0 bridgehead atoms. The summed E-state index contributed by atoms with van der Waals surface area (Å²) in [6, 6.07) is 10.0. The SMILES string of the molecule is CC[C@@H](NC(=O)CCCc1c[nH]c2ccccc12)c1cn2cccnc2n1. The largest absolute Gasteiger partial charge is 0.361 e. The number of para-hydroxylation sites is 1. The van der Waals surface area contributed by atoms with Crippen molar-refractivity contribution in [3.8, 4) is 0 Å². The molecular formula is C21H23N5O. The van der Waals surface area contributed by atoms with E-state index in [9.17, 15) is 4.79 Å². The zero-order chi connectivity index (χ0) is 18.6. The third kappa shape index (κ3) is 3.69. The first kappa shape index (κ1) is 17.3. The molecule has 0 radical (unpaired) electrons. The Morgan fingerprint density at radius 2 is 2.19 bits per heavy atom. The van der Waals surface area contributed by atoms with Gasteiger partial charge in [0.15, 0.2) is 0 Å². The maximum Gasteiger partial charge on any atom is 0.233 e. The lowest BCUT2D eigenvalue weighted by molar-refractivity contribution is -0.122.